The zero-order valence-corrected chi connectivity index (χ0v) is 12.0. The number of rotatable bonds is 4. The average Bonchev–Trinajstić information content (AvgIpc) is 2.47. The van der Waals surface area contributed by atoms with Crippen molar-refractivity contribution in [1.29, 1.82) is 0 Å². The first kappa shape index (κ1) is 15.3. The van der Waals surface area contributed by atoms with Gasteiger partial charge in [0.2, 0.25) is 5.91 Å². The molecule has 2 rings (SSSR count). The highest BCUT2D eigenvalue weighted by Gasteiger charge is 2.40. The van der Waals surface area contributed by atoms with E-state index in [1.54, 1.807) is 13.0 Å². The van der Waals surface area contributed by atoms with Gasteiger partial charge in [-0.3, -0.25) is 9.59 Å². The maximum Gasteiger partial charge on any atom is 0.310 e. The predicted molar refractivity (Wildman–Crippen MR) is 73.4 cm³/mol. The van der Waals surface area contributed by atoms with Crippen molar-refractivity contribution < 1.29 is 23.5 Å². The molecule has 6 heteroatoms. The second kappa shape index (κ2) is 6.56. The fraction of sp³-hybridized carbons (Fsp3) is 0.467. The molecule has 0 radical (unpaired) electrons. The lowest BCUT2D eigenvalue weighted by molar-refractivity contribution is -0.152. The molecule has 114 valence electrons. The van der Waals surface area contributed by atoms with E-state index in [1.807, 2.05) is 0 Å². The fourth-order valence-electron chi connectivity index (χ4n) is 2.56. The Hall–Kier alpha value is -2.11. The van der Waals surface area contributed by atoms with E-state index in [2.05, 4.69) is 5.32 Å². The summed E-state index contributed by atoms with van der Waals surface area (Å²) in [6.07, 6.45) is 0.431. The van der Waals surface area contributed by atoms with Crippen LogP contribution in [0.3, 0.4) is 0 Å². The highest BCUT2D eigenvalue weighted by molar-refractivity contribution is 5.90. The number of carbonyl (C=O) groups excluding carboxylic acids is 2. The highest BCUT2D eigenvalue weighted by Crippen LogP contribution is 2.34. The predicted octanol–water partition coefficient (Wildman–Crippen LogP) is 1.62. The Balaban J connectivity index is 2.36. The summed E-state index contributed by atoms with van der Waals surface area (Å²) in [4.78, 5) is 24.1. The van der Waals surface area contributed by atoms with Crippen molar-refractivity contribution in [3.63, 3.8) is 0 Å². The van der Waals surface area contributed by atoms with Crippen molar-refractivity contribution in [2.24, 2.45) is 5.92 Å². The largest absolute Gasteiger partial charge is 0.497 e. The van der Waals surface area contributed by atoms with Gasteiger partial charge in [0.25, 0.3) is 0 Å². The van der Waals surface area contributed by atoms with Gasteiger partial charge < -0.3 is 14.8 Å². The molecule has 1 heterocycles. The van der Waals surface area contributed by atoms with Crippen molar-refractivity contribution in [2.75, 3.05) is 20.3 Å². The van der Waals surface area contributed by atoms with Gasteiger partial charge in [-0.1, -0.05) is 6.07 Å². The third-order valence-corrected chi connectivity index (χ3v) is 3.57. The average molecular weight is 295 g/mol. The van der Waals surface area contributed by atoms with E-state index < -0.39 is 23.6 Å². The number of hydrogen-bond donors (Lipinski definition) is 1. The normalized spacial score (nSPS) is 21.6. The molecule has 1 N–H and O–H groups in total. The zero-order valence-electron chi connectivity index (χ0n) is 12.0. The zero-order chi connectivity index (χ0) is 15.4. The lowest BCUT2D eigenvalue weighted by atomic mass is 9.80. The first-order chi connectivity index (χ1) is 10.1. The Morgan fingerprint density at radius 1 is 1.48 bits per heavy atom. The summed E-state index contributed by atoms with van der Waals surface area (Å²) in [6.45, 7) is 2.31. The van der Waals surface area contributed by atoms with Crippen molar-refractivity contribution >= 4 is 11.9 Å². The van der Waals surface area contributed by atoms with E-state index in [4.69, 9.17) is 9.47 Å². The first-order valence-corrected chi connectivity index (χ1v) is 6.86. The summed E-state index contributed by atoms with van der Waals surface area (Å²) < 4.78 is 24.2. The third kappa shape index (κ3) is 3.15. The standard InChI is InChI=1S/C15H18FNO4/c1-3-21-15(19)11-6-7-17-14(18)13(11)10-5-4-9(20-2)8-12(10)16/h4-5,8,11,13H,3,6-7H2,1-2H3,(H,17,18). The van der Waals surface area contributed by atoms with Crippen molar-refractivity contribution in [2.45, 2.75) is 19.3 Å². The van der Waals surface area contributed by atoms with Crippen LogP contribution < -0.4 is 10.1 Å². The van der Waals surface area contributed by atoms with Gasteiger partial charge in [0, 0.05) is 18.2 Å². The molecule has 2 atom stereocenters. The van der Waals surface area contributed by atoms with Gasteiger partial charge in [-0.05, 0) is 19.4 Å². The Morgan fingerprint density at radius 3 is 2.86 bits per heavy atom. The van der Waals surface area contributed by atoms with Crippen molar-refractivity contribution in [3.8, 4) is 5.75 Å². The summed E-state index contributed by atoms with van der Waals surface area (Å²) in [5, 5.41) is 2.67. The number of piperidine rings is 1. The number of halogens is 1. The number of methoxy groups -OCH3 is 1. The van der Waals surface area contributed by atoms with E-state index in [9.17, 15) is 14.0 Å². The van der Waals surface area contributed by atoms with Crippen LogP contribution in [0.2, 0.25) is 0 Å². The van der Waals surface area contributed by atoms with E-state index >= 15 is 0 Å². The molecule has 1 aliphatic heterocycles. The monoisotopic (exact) mass is 295 g/mol. The second-order valence-electron chi connectivity index (χ2n) is 4.80. The van der Waals surface area contributed by atoms with Crippen LogP contribution in [0.15, 0.2) is 18.2 Å². The van der Waals surface area contributed by atoms with Gasteiger partial charge >= 0.3 is 5.97 Å². The number of ether oxygens (including phenoxy) is 2. The minimum Gasteiger partial charge on any atom is -0.497 e. The Bertz CT molecular complexity index is 546. The van der Waals surface area contributed by atoms with Gasteiger partial charge in [0.05, 0.1) is 25.6 Å². The molecule has 2 unspecified atom stereocenters. The van der Waals surface area contributed by atoms with Crippen LogP contribution in [0.25, 0.3) is 0 Å². The molecule has 1 aromatic carbocycles. The molecule has 1 aliphatic rings. The third-order valence-electron chi connectivity index (χ3n) is 3.57. The molecule has 5 nitrogen and oxygen atoms in total. The number of carbonyl (C=O) groups is 2. The summed E-state index contributed by atoms with van der Waals surface area (Å²) in [5.74, 6) is -2.56. The molecule has 0 bridgehead atoms. The number of nitrogens with one attached hydrogen (secondary N) is 1. The molecule has 1 fully saturated rings. The maximum atomic E-state index is 14.2. The molecule has 1 saturated heterocycles. The number of amides is 1. The molecule has 0 aliphatic carbocycles. The summed E-state index contributed by atoms with van der Waals surface area (Å²) >= 11 is 0. The van der Waals surface area contributed by atoms with Crippen LogP contribution in [0.4, 0.5) is 4.39 Å². The number of hydrogen-bond acceptors (Lipinski definition) is 4. The highest BCUT2D eigenvalue weighted by atomic mass is 19.1. The van der Waals surface area contributed by atoms with Crippen LogP contribution in [0.5, 0.6) is 5.75 Å². The summed E-state index contributed by atoms with van der Waals surface area (Å²) in [7, 11) is 1.43. The molecule has 0 spiro atoms. The van der Waals surface area contributed by atoms with E-state index in [-0.39, 0.29) is 18.1 Å². The minimum atomic E-state index is -0.872. The molecule has 21 heavy (non-hydrogen) atoms. The van der Waals surface area contributed by atoms with Crippen molar-refractivity contribution in [1.82, 2.24) is 5.32 Å². The van der Waals surface area contributed by atoms with Gasteiger partial charge in [0.15, 0.2) is 0 Å². The Kier molecular flexibility index (Phi) is 4.77. The fourth-order valence-corrected chi connectivity index (χ4v) is 2.56. The Morgan fingerprint density at radius 2 is 2.24 bits per heavy atom. The summed E-state index contributed by atoms with van der Waals surface area (Å²) in [6, 6.07) is 4.26. The second-order valence-corrected chi connectivity index (χ2v) is 4.80. The van der Waals surface area contributed by atoms with Gasteiger partial charge in [0.1, 0.15) is 11.6 Å². The van der Waals surface area contributed by atoms with E-state index in [1.165, 1.54) is 19.2 Å². The van der Waals surface area contributed by atoms with Crippen LogP contribution >= 0.6 is 0 Å². The quantitative estimate of drug-likeness (QED) is 0.857. The molecule has 0 saturated carbocycles. The van der Waals surface area contributed by atoms with Crippen molar-refractivity contribution in [3.05, 3.63) is 29.6 Å². The molecular formula is C15H18FNO4. The molecule has 1 amide bonds. The SMILES string of the molecule is CCOC(=O)C1CCNC(=O)C1c1ccc(OC)cc1F. The van der Waals surface area contributed by atoms with Gasteiger partial charge in [-0.15, -0.1) is 0 Å². The van der Waals surface area contributed by atoms with Crippen LogP contribution in [0.1, 0.15) is 24.8 Å². The first-order valence-electron chi connectivity index (χ1n) is 6.86. The number of benzene rings is 1. The topological polar surface area (TPSA) is 64.6 Å². The smallest absolute Gasteiger partial charge is 0.310 e. The van der Waals surface area contributed by atoms with Gasteiger partial charge in [-0.2, -0.15) is 0 Å². The molecule has 1 aromatic rings. The summed E-state index contributed by atoms with van der Waals surface area (Å²) in [5.41, 5.74) is 0.186. The molecule has 0 aromatic heterocycles. The van der Waals surface area contributed by atoms with E-state index in [0.717, 1.165) is 0 Å². The lowest BCUT2D eigenvalue weighted by Gasteiger charge is -2.30. The van der Waals surface area contributed by atoms with Gasteiger partial charge in [-0.25, -0.2) is 4.39 Å². The maximum absolute atomic E-state index is 14.2. The van der Waals surface area contributed by atoms with Crippen LogP contribution in [-0.2, 0) is 14.3 Å². The lowest BCUT2D eigenvalue weighted by Crippen LogP contribution is -2.44. The Labute approximate surface area is 122 Å². The van der Waals surface area contributed by atoms with Crippen LogP contribution in [-0.4, -0.2) is 32.1 Å². The van der Waals surface area contributed by atoms with Crippen LogP contribution in [0, 0.1) is 11.7 Å². The number of esters is 1. The van der Waals surface area contributed by atoms with E-state index in [0.29, 0.717) is 18.7 Å². The minimum absolute atomic E-state index is 0.186. The molecular weight excluding hydrogens is 277 g/mol.